The van der Waals surface area contributed by atoms with Crippen LogP contribution >= 0.6 is 11.6 Å². The van der Waals surface area contributed by atoms with Crippen LogP contribution in [0.3, 0.4) is 0 Å². The van der Waals surface area contributed by atoms with E-state index in [-0.39, 0.29) is 17.7 Å². The molecule has 162 valence electrons. The second-order valence-corrected chi connectivity index (χ2v) is 8.47. The van der Waals surface area contributed by atoms with Gasteiger partial charge in [0, 0.05) is 43.3 Å². The Balaban J connectivity index is 1.32. The smallest absolute Gasteiger partial charge is 0.254 e. The highest BCUT2D eigenvalue weighted by Gasteiger charge is 2.38. The third kappa shape index (κ3) is 4.90. The number of hydrogen-bond acceptors (Lipinski definition) is 3. The van der Waals surface area contributed by atoms with E-state index in [1.54, 1.807) is 39.0 Å². The summed E-state index contributed by atoms with van der Waals surface area (Å²) < 4.78 is 0. The molecule has 2 aliphatic heterocycles. The zero-order chi connectivity index (χ0) is 21.8. The topological polar surface area (TPSA) is 60.9 Å². The lowest BCUT2D eigenvalue weighted by Gasteiger charge is -2.37. The van der Waals surface area contributed by atoms with E-state index in [4.69, 9.17) is 11.6 Å². The summed E-state index contributed by atoms with van der Waals surface area (Å²) in [7, 11) is 0. The number of rotatable bonds is 4. The number of piperazine rings is 1. The second-order valence-electron chi connectivity index (χ2n) is 8.03. The number of hydrogen-bond donors (Lipinski definition) is 0. The number of benzene rings is 2. The van der Waals surface area contributed by atoms with Gasteiger partial charge in [0.05, 0.1) is 6.42 Å². The van der Waals surface area contributed by atoms with Crippen LogP contribution in [0.4, 0.5) is 0 Å². The molecule has 6 nitrogen and oxygen atoms in total. The third-order valence-electron chi connectivity index (χ3n) is 6.03. The van der Waals surface area contributed by atoms with Crippen molar-refractivity contribution in [1.82, 2.24) is 14.7 Å². The van der Waals surface area contributed by atoms with Crippen molar-refractivity contribution in [2.45, 2.75) is 25.3 Å². The summed E-state index contributed by atoms with van der Waals surface area (Å²) in [5.74, 6) is -0.0454. The molecule has 0 aliphatic carbocycles. The van der Waals surface area contributed by atoms with Gasteiger partial charge in [-0.15, -0.1) is 0 Å². The van der Waals surface area contributed by atoms with Gasteiger partial charge < -0.3 is 14.7 Å². The van der Waals surface area contributed by atoms with Gasteiger partial charge in [-0.2, -0.15) is 0 Å². The van der Waals surface area contributed by atoms with Crippen LogP contribution < -0.4 is 0 Å². The van der Waals surface area contributed by atoms with Crippen LogP contribution in [0.5, 0.6) is 0 Å². The van der Waals surface area contributed by atoms with Crippen molar-refractivity contribution in [1.29, 1.82) is 0 Å². The molecule has 2 aromatic carbocycles. The first-order chi connectivity index (χ1) is 15.0. The van der Waals surface area contributed by atoms with Crippen LogP contribution in [0.2, 0.25) is 5.02 Å². The van der Waals surface area contributed by atoms with Gasteiger partial charge in [0.1, 0.15) is 6.04 Å². The molecule has 3 amide bonds. The third-order valence-corrected chi connectivity index (χ3v) is 6.28. The number of likely N-dealkylation sites (tertiary alicyclic amines) is 1. The Morgan fingerprint density at radius 3 is 2.16 bits per heavy atom. The van der Waals surface area contributed by atoms with Gasteiger partial charge in [-0.05, 0) is 42.7 Å². The van der Waals surface area contributed by atoms with Crippen molar-refractivity contribution in [2.24, 2.45) is 0 Å². The highest BCUT2D eigenvalue weighted by molar-refractivity contribution is 6.30. The molecule has 0 radical (unpaired) electrons. The Kier molecular flexibility index (Phi) is 6.56. The summed E-state index contributed by atoms with van der Waals surface area (Å²) in [5.41, 5.74) is 1.54. The minimum Gasteiger partial charge on any atom is -0.339 e. The molecule has 0 aromatic heterocycles. The Hall–Kier alpha value is -2.86. The fraction of sp³-hybridized carbons (Fsp3) is 0.375. The predicted octanol–water partition coefficient (Wildman–Crippen LogP) is 2.86. The molecule has 2 fully saturated rings. The average molecular weight is 440 g/mol. The highest BCUT2D eigenvalue weighted by atomic mass is 35.5. The molecule has 0 spiro atoms. The van der Waals surface area contributed by atoms with Gasteiger partial charge in [-0.3, -0.25) is 14.4 Å². The van der Waals surface area contributed by atoms with Gasteiger partial charge in [0.25, 0.3) is 5.91 Å². The summed E-state index contributed by atoms with van der Waals surface area (Å²) in [6, 6.07) is 16.0. The molecule has 2 saturated heterocycles. The maximum atomic E-state index is 13.2. The number of nitrogens with zero attached hydrogens (tertiary/aromatic N) is 3. The molecule has 2 aliphatic rings. The predicted molar refractivity (Wildman–Crippen MR) is 119 cm³/mol. The second kappa shape index (κ2) is 9.52. The number of carbonyl (C=O) groups is 3. The molecule has 1 unspecified atom stereocenters. The fourth-order valence-corrected chi connectivity index (χ4v) is 4.41. The van der Waals surface area contributed by atoms with E-state index >= 15 is 0 Å². The molecule has 31 heavy (non-hydrogen) atoms. The van der Waals surface area contributed by atoms with Crippen molar-refractivity contribution in [3.8, 4) is 0 Å². The molecule has 0 N–H and O–H groups in total. The van der Waals surface area contributed by atoms with Crippen molar-refractivity contribution < 1.29 is 14.4 Å². The Morgan fingerprint density at radius 1 is 0.839 bits per heavy atom. The minimum absolute atomic E-state index is 0.00780. The molecule has 2 aromatic rings. The normalized spacial score (nSPS) is 18.9. The number of carbonyl (C=O) groups excluding carboxylic acids is 3. The van der Waals surface area contributed by atoms with Crippen molar-refractivity contribution in [3.63, 3.8) is 0 Å². The SMILES string of the molecule is O=C(Cc1ccc(Cl)cc1)N1CCN(C(=O)C2CCCN2C(=O)c2ccccc2)CC1. The van der Waals surface area contributed by atoms with Crippen LogP contribution in [0.25, 0.3) is 0 Å². The first-order valence-electron chi connectivity index (χ1n) is 10.7. The quantitative estimate of drug-likeness (QED) is 0.736. The maximum Gasteiger partial charge on any atom is 0.254 e. The van der Waals surface area contributed by atoms with Crippen LogP contribution in [-0.4, -0.2) is 71.2 Å². The van der Waals surface area contributed by atoms with E-state index < -0.39 is 6.04 Å². The Labute approximate surface area is 187 Å². The van der Waals surface area contributed by atoms with Gasteiger partial charge in [-0.25, -0.2) is 0 Å². The molecule has 7 heteroatoms. The molecule has 2 heterocycles. The Morgan fingerprint density at radius 2 is 1.48 bits per heavy atom. The summed E-state index contributed by atoms with van der Waals surface area (Å²) in [6.45, 7) is 2.61. The van der Waals surface area contributed by atoms with E-state index in [2.05, 4.69) is 0 Å². The van der Waals surface area contributed by atoms with E-state index in [1.807, 2.05) is 30.3 Å². The summed E-state index contributed by atoms with van der Waals surface area (Å²) in [4.78, 5) is 44.0. The largest absolute Gasteiger partial charge is 0.339 e. The molecule has 1 atom stereocenters. The lowest BCUT2D eigenvalue weighted by atomic mass is 10.1. The van der Waals surface area contributed by atoms with E-state index in [0.29, 0.717) is 56.2 Å². The average Bonchev–Trinajstić information content (AvgIpc) is 3.30. The molecular formula is C24H26ClN3O3. The summed E-state index contributed by atoms with van der Waals surface area (Å²) in [6.07, 6.45) is 1.84. The van der Waals surface area contributed by atoms with Gasteiger partial charge in [-0.1, -0.05) is 41.9 Å². The van der Waals surface area contributed by atoms with Crippen LogP contribution in [0.15, 0.2) is 54.6 Å². The van der Waals surface area contributed by atoms with E-state index in [9.17, 15) is 14.4 Å². The molecule has 0 bridgehead atoms. The first-order valence-corrected chi connectivity index (χ1v) is 11.1. The highest BCUT2D eigenvalue weighted by Crippen LogP contribution is 2.23. The zero-order valence-corrected chi connectivity index (χ0v) is 18.1. The van der Waals surface area contributed by atoms with Crippen molar-refractivity contribution in [2.75, 3.05) is 32.7 Å². The van der Waals surface area contributed by atoms with Gasteiger partial charge >= 0.3 is 0 Å². The minimum atomic E-state index is -0.413. The summed E-state index contributed by atoms with van der Waals surface area (Å²) >= 11 is 5.90. The van der Waals surface area contributed by atoms with Crippen LogP contribution in [0.1, 0.15) is 28.8 Å². The molecular weight excluding hydrogens is 414 g/mol. The number of amides is 3. The molecule has 4 rings (SSSR count). The summed E-state index contributed by atoms with van der Waals surface area (Å²) in [5, 5.41) is 0.648. The van der Waals surface area contributed by atoms with Crippen LogP contribution in [0, 0.1) is 0 Å². The van der Waals surface area contributed by atoms with E-state index in [1.165, 1.54) is 0 Å². The lowest BCUT2D eigenvalue weighted by molar-refractivity contribution is -0.141. The standard InChI is InChI=1S/C24H26ClN3O3/c25-20-10-8-18(9-11-20)17-22(29)26-13-15-27(16-14-26)24(31)21-7-4-12-28(21)23(30)19-5-2-1-3-6-19/h1-3,5-6,8-11,21H,4,7,12-17H2. The van der Waals surface area contributed by atoms with Gasteiger partial charge in [0.15, 0.2) is 0 Å². The number of halogens is 1. The lowest BCUT2D eigenvalue weighted by Crippen LogP contribution is -2.55. The first kappa shape index (κ1) is 21.4. The van der Waals surface area contributed by atoms with Crippen molar-refractivity contribution >= 4 is 29.3 Å². The zero-order valence-electron chi connectivity index (χ0n) is 17.4. The Bertz CT molecular complexity index is 940. The monoisotopic (exact) mass is 439 g/mol. The van der Waals surface area contributed by atoms with Crippen molar-refractivity contribution in [3.05, 3.63) is 70.7 Å². The molecule has 0 saturated carbocycles. The fourth-order valence-electron chi connectivity index (χ4n) is 4.29. The van der Waals surface area contributed by atoms with Crippen LogP contribution in [-0.2, 0) is 16.0 Å². The van der Waals surface area contributed by atoms with Gasteiger partial charge in [0.2, 0.25) is 11.8 Å². The maximum absolute atomic E-state index is 13.2. The van der Waals surface area contributed by atoms with E-state index in [0.717, 1.165) is 12.0 Å².